The molecule has 1 aliphatic rings. The number of benzene rings is 1. The summed E-state index contributed by atoms with van der Waals surface area (Å²) in [5.74, 6) is 0.683. The van der Waals surface area contributed by atoms with Crippen LogP contribution in [0.4, 0.5) is 5.13 Å². The zero-order valence-corrected chi connectivity index (χ0v) is 17.7. The summed E-state index contributed by atoms with van der Waals surface area (Å²) >= 11 is 1.50. The minimum absolute atomic E-state index is 0. The van der Waals surface area contributed by atoms with E-state index in [0.717, 1.165) is 48.8 Å². The number of morpholine rings is 1. The number of rotatable bonds is 7. The number of methoxy groups -OCH3 is 1. The highest BCUT2D eigenvalue weighted by molar-refractivity contribution is 7.22. The fourth-order valence-electron chi connectivity index (χ4n) is 3.07. The molecule has 1 aromatic carbocycles. The van der Waals surface area contributed by atoms with Crippen LogP contribution in [0, 0.1) is 0 Å². The topological polar surface area (TPSA) is 85.6 Å². The van der Waals surface area contributed by atoms with Crippen molar-refractivity contribution in [1.82, 2.24) is 24.6 Å². The zero-order chi connectivity index (χ0) is 19.3. The Morgan fingerprint density at radius 2 is 2.17 bits per heavy atom. The molecule has 0 bridgehead atoms. The van der Waals surface area contributed by atoms with Crippen molar-refractivity contribution in [2.24, 2.45) is 0 Å². The van der Waals surface area contributed by atoms with Crippen molar-refractivity contribution in [3.63, 3.8) is 0 Å². The number of carbonyl (C=O) groups is 1. The molecule has 3 aromatic rings. The Labute approximate surface area is 178 Å². The Hall–Kier alpha value is -2.27. The van der Waals surface area contributed by atoms with Crippen LogP contribution in [-0.2, 0) is 16.1 Å². The highest BCUT2D eigenvalue weighted by atomic mass is 35.5. The van der Waals surface area contributed by atoms with E-state index in [9.17, 15) is 4.79 Å². The quantitative estimate of drug-likeness (QED) is 0.554. The number of fused-ring (bicyclic) bond motifs is 1. The van der Waals surface area contributed by atoms with Gasteiger partial charge in [0.1, 0.15) is 24.9 Å². The molecule has 1 saturated heterocycles. The third-order valence-electron chi connectivity index (χ3n) is 4.62. The van der Waals surface area contributed by atoms with Crippen LogP contribution >= 0.6 is 23.7 Å². The summed E-state index contributed by atoms with van der Waals surface area (Å²) < 4.78 is 13.2. The number of nitrogens with zero attached hydrogens (tertiary/aromatic N) is 6. The van der Waals surface area contributed by atoms with Gasteiger partial charge in [0.05, 0.1) is 30.5 Å². The lowest BCUT2D eigenvalue weighted by atomic mass is 10.3. The predicted octanol–water partition coefficient (Wildman–Crippen LogP) is 1.68. The number of carbonyl (C=O) groups excluding carboxylic acids is 1. The van der Waals surface area contributed by atoms with E-state index in [2.05, 4.69) is 15.0 Å². The summed E-state index contributed by atoms with van der Waals surface area (Å²) in [4.78, 5) is 25.7. The number of halogens is 1. The van der Waals surface area contributed by atoms with Crippen molar-refractivity contribution in [3.8, 4) is 5.75 Å². The minimum atomic E-state index is -0.0650. The van der Waals surface area contributed by atoms with Gasteiger partial charge in [0.15, 0.2) is 5.13 Å². The largest absolute Gasteiger partial charge is 0.497 e. The third kappa shape index (κ3) is 5.21. The molecule has 9 nitrogen and oxygen atoms in total. The Balaban J connectivity index is 0.00000240. The van der Waals surface area contributed by atoms with Crippen molar-refractivity contribution >= 4 is 45.0 Å². The van der Waals surface area contributed by atoms with Crippen molar-refractivity contribution in [2.45, 2.75) is 6.54 Å². The van der Waals surface area contributed by atoms with Gasteiger partial charge >= 0.3 is 0 Å². The molecule has 1 aliphatic heterocycles. The highest BCUT2D eigenvalue weighted by Gasteiger charge is 2.22. The van der Waals surface area contributed by atoms with E-state index in [1.54, 1.807) is 18.3 Å². The smallest absolute Gasteiger partial charge is 0.250 e. The van der Waals surface area contributed by atoms with Gasteiger partial charge in [-0.1, -0.05) is 11.3 Å². The average Bonchev–Trinajstić information content (AvgIpc) is 3.37. The fourth-order valence-corrected chi connectivity index (χ4v) is 4.06. The van der Waals surface area contributed by atoms with Crippen LogP contribution in [0.5, 0.6) is 5.75 Å². The van der Waals surface area contributed by atoms with Gasteiger partial charge in [-0.3, -0.25) is 14.6 Å². The maximum absolute atomic E-state index is 13.0. The highest BCUT2D eigenvalue weighted by Crippen LogP contribution is 2.31. The van der Waals surface area contributed by atoms with Crippen molar-refractivity contribution in [3.05, 3.63) is 30.9 Å². The maximum Gasteiger partial charge on any atom is 0.250 e. The lowest BCUT2D eigenvalue weighted by molar-refractivity contribution is -0.119. The summed E-state index contributed by atoms with van der Waals surface area (Å²) in [6.07, 6.45) is 2.97. The molecule has 29 heavy (non-hydrogen) atoms. The van der Waals surface area contributed by atoms with Gasteiger partial charge in [-0.25, -0.2) is 14.6 Å². The molecule has 0 N–H and O–H groups in total. The molecule has 0 saturated carbocycles. The standard InChI is InChI=1S/C18H22N6O3S.ClH/c1-26-14-2-3-16-15(10-14)21-18(28-16)24(5-4-22-6-8-27-9-7-22)17(25)11-23-13-19-12-20-23;/h2-3,10,12-13H,4-9,11H2,1H3;1H. The molecule has 156 valence electrons. The van der Waals surface area contributed by atoms with Crippen molar-refractivity contribution in [2.75, 3.05) is 51.4 Å². The maximum atomic E-state index is 13.0. The number of anilines is 1. The van der Waals surface area contributed by atoms with Gasteiger partial charge in [-0.2, -0.15) is 5.10 Å². The van der Waals surface area contributed by atoms with Crippen molar-refractivity contribution in [1.29, 1.82) is 0 Å². The van der Waals surface area contributed by atoms with Crippen LogP contribution in [0.15, 0.2) is 30.9 Å². The molecule has 0 spiro atoms. The molecule has 2 aromatic heterocycles. The summed E-state index contributed by atoms with van der Waals surface area (Å²) in [5, 5.41) is 4.73. The molecule has 0 radical (unpaired) electrons. The molecule has 1 fully saturated rings. The second-order valence-electron chi connectivity index (χ2n) is 6.42. The first-order valence-corrected chi connectivity index (χ1v) is 9.92. The van der Waals surface area contributed by atoms with Gasteiger partial charge in [0, 0.05) is 32.2 Å². The van der Waals surface area contributed by atoms with Crippen LogP contribution in [0.25, 0.3) is 10.2 Å². The number of aromatic nitrogens is 4. The average molecular weight is 439 g/mol. The van der Waals surface area contributed by atoms with E-state index in [1.807, 2.05) is 18.2 Å². The van der Waals surface area contributed by atoms with Gasteiger partial charge in [0.2, 0.25) is 0 Å². The molecule has 0 aliphatic carbocycles. The van der Waals surface area contributed by atoms with Gasteiger partial charge in [-0.05, 0) is 12.1 Å². The van der Waals surface area contributed by atoms with Crippen LogP contribution in [0.2, 0.25) is 0 Å². The SMILES string of the molecule is COc1ccc2sc(N(CCN3CCOCC3)C(=O)Cn3cncn3)nc2c1.Cl. The lowest BCUT2D eigenvalue weighted by Crippen LogP contribution is -2.44. The summed E-state index contributed by atoms with van der Waals surface area (Å²) in [6, 6.07) is 5.76. The predicted molar refractivity (Wildman–Crippen MR) is 113 cm³/mol. The summed E-state index contributed by atoms with van der Waals surface area (Å²) in [5.41, 5.74) is 0.823. The number of amides is 1. The van der Waals surface area contributed by atoms with Crippen molar-refractivity contribution < 1.29 is 14.3 Å². The molecule has 0 unspecified atom stereocenters. The van der Waals surface area contributed by atoms with Crippen LogP contribution in [0.3, 0.4) is 0 Å². The third-order valence-corrected chi connectivity index (χ3v) is 5.68. The molecule has 11 heteroatoms. The molecule has 1 amide bonds. The lowest BCUT2D eigenvalue weighted by Gasteiger charge is -2.29. The second kappa shape index (κ2) is 9.97. The van der Waals surface area contributed by atoms with Crippen LogP contribution in [-0.4, -0.2) is 77.1 Å². The number of thiazole rings is 1. The normalized spacial score (nSPS) is 14.5. The molecule has 4 rings (SSSR count). The van der Waals surface area contributed by atoms with Gasteiger partial charge in [-0.15, -0.1) is 12.4 Å². The summed E-state index contributed by atoms with van der Waals surface area (Å²) in [6.45, 7) is 4.67. The zero-order valence-electron chi connectivity index (χ0n) is 16.1. The first kappa shape index (κ1) is 21.4. The van der Waals surface area contributed by atoms with Crippen LogP contribution < -0.4 is 9.64 Å². The van der Waals surface area contributed by atoms with E-state index in [4.69, 9.17) is 14.5 Å². The number of hydrogen-bond donors (Lipinski definition) is 0. The van der Waals surface area contributed by atoms with E-state index in [1.165, 1.54) is 22.3 Å². The first-order valence-electron chi connectivity index (χ1n) is 9.10. The first-order chi connectivity index (χ1) is 13.7. The minimum Gasteiger partial charge on any atom is -0.497 e. The number of ether oxygens (including phenoxy) is 2. The van der Waals surface area contributed by atoms with Gasteiger partial charge < -0.3 is 9.47 Å². The monoisotopic (exact) mass is 438 g/mol. The Kier molecular flexibility index (Phi) is 7.37. The number of hydrogen-bond acceptors (Lipinski definition) is 8. The second-order valence-corrected chi connectivity index (χ2v) is 7.43. The Morgan fingerprint density at radius 1 is 1.34 bits per heavy atom. The molecular weight excluding hydrogens is 416 g/mol. The van der Waals surface area contributed by atoms with Crippen LogP contribution in [0.1, 0.15) is 0 Å². The Bertz CT molecular complexity index is 929. The molecular formula is C18H23ClN6O3S. The fraction of sp³-hybridized carbons (Fsp3) is 0.444. The summed E-state index contributed by atoms with van der Waals surface area (Å²) in [7, 11) is 1.63. The Morgan fingerprint density at radius 3 is 2.90 bits per heavy atom. The molecule has 0 atom stereocenters. The van der Waals surface area contributed by atoms with Gasteiger partial charge in [0.25, 0.3) is 5.91 Å². The van der Waals surface area contributed by atoms with E-state index < -0.39 is 0 Å². The molecule has 3 heterocycles. The van der Waals surface area contributed by atoms with E-state index >= 15 is 0 Å². The van der Waals surface area contributed by atoms with E-state index in [0.29, 0.717) is 11.7 Å². The van der Waals surface area contributed by atoms with E-state index in [-0.39, 0.29) is 24.9 Å².